The number of piperazine rings is 1. The first-order valence-corrected chi connectivity index (χ1v) is 6.88. The fraction of sp³-hybridized carbons (Fsp3) is 1.00. The number of hydrogen-bond acceptors (Lipinski definition) is 3. The third-order valence-electron chi connectivity index (χ3n) is 4.60. The van der Waals surface area contributed by atoms with Crippen molar-refractivity contribution in [3.05, 3.63) is 0 Å². The van der Waals surface area contributed by atoms with Gasteiger partial charge in [0.05, 0.1) is 0 Å². The van der Waals surface area contributed by atoms with Gasteiger partial charge in [-0.3, -0.25) is 9.80 Å². The minimum atomic E-state index is 0.329. The van der Waals surface area contributed by atoms with E-state index in [9.17, 15) is 0 Å². The molecule has 94 valence electrons. The van der Waals surface area contributed by atoms with Crippen LogP contribution >= 0.6 is 0 Å². The van der Waals surface area contributed by atoms with Gasteiger partial charge in [0.25, 0.3) is 0 Å². The molecule has 0 aromatic heterocycles. The van der Waals surface area contributed by atoms with Crippen LogP contribution in [0.4, 0.5) is 0 Å². The topological polar surface area (TPSA) is 32.5 Å². The van der Waals surface area contributed by atoms with Gasteiger partial charge in [-0.05, 0) is 39.7 Å². The first kappa shape index (κ1) is 12.3. The molecule has 2 aliphatic heterocycles. The molecule has 3 heteroatoms. The van der Waals surface area contributed by atoms with Crippen molar-refractivity contribution in [1.82, 2.24) is 9.80 Å². The molecule has 0 spiro atoms. The van der Waals surface area contributed by atoms with E-state index < -0.39 is 0 Å². The zero-order valence-corrected chi connectivity index (χ0v) is 11.0. The summed E-state index contributed by atoms with van der Waals surface area (Å²) in [5, 5.41) is 0. The highest BCUT2D eigenvalue weighted by Crippen LogP contribution is 2.26. The predicted molar refractivity (Wildman–Crippen MR) is 68.5 cm³/mol. The van der Waals surface area contributed by atoms with Crippen LogP contribution in [0.25, 0.3) is 0 Å². The molecule has 16 heavy (non-hydrogen) atoms. The fourth-order valence-corrected chi connectivity index (χ4v) is 3.36. The Kier molecular flexibility index (Phi) is 3.88. The van der Waals surface area contributed by atoms with Gasteiger partial charge in [-0.25, -0.2) is 0 Å². The minimum absolute atomic E-state index is 0.329. The summed E-state index contributed by atoms with van der Waals surface area (Å²) in [6.45, 7) is 10.6. The molecule has 0 bridgehead atoms. The van der Waals surface area contributed by atoms with E-state index in [4.69, 9.17) is 5.73 Å². The zero-order chi connectivity index (χ0) is 11.7. The molecule has 2 aliphatic rings. The largest absolute Gasteiger partial charge is 0.326 e. The molecule has 0 aromatic carbocycles. The third kappa shape index (κ3) is 2.27. The molecule has 2 fully saturated rings. The maximum absolute atomic E-state index is 6.19. The van der Waals surface area contributed by atoms with Crippen LogP contribution in [0.1, 0.15) is 40.0 Å². The molecule has 2 rings (SSSR count). The van der Waals surface area contributed by atoms with Crippen LogP contribution in [0.5, 0.6) is 0 Å². The summed E-state index contributed by atoms with van der Waals surface area (Å²) in [6.07, 6.45) is 3.86. The Morgan fingerprint density at radius 3 is 2.81 bits per heavy atom. The van der Waals surface area contributed by atoms with Gasteiger partial charge >= 0.3 is 0 Å². The molecule has 2 saturated heterocycles. The van der Waals surface area contributed by atoms with E-state index in [1.807, 2.05) is 0 Å². The summed E-state index contributed by atoms with van der Waals surface area (Å²) < 4.78 is 0. The van der Waals surface area contributed by atoms with E-state index in [1.165, 1.54) is 32.5 Å². The lowest BCUT2D eigenvalue weighted by Gasteiger charge is -2.46. The molecule has 2 heterocycles. The Balaban J connectivity index is 1.99. The van der Waals surface area contributed by atoms with Gasteiger partial charge in [0.15, 0.2) is 0 Å². The molecule has 0 saturated carbocycles. The third-order valence-corrected chi connectivity index (χ3v) is 4.60. The first-order chi connectivity index (χ1) is 7.63. The van der Waals surface area contributed by atoms with Gasteiger partial charge in [0.2, 0.25) is 0 Å². The van der Waals surface area contributed by atoms with Crippen molar-refractivity contribution in [3.63, 3.8) is 0 Å². The summed E-state index contributed by atoms with van der Waals surface area (Å²) in [4.78, 5) is 5.31. The van der Waals surface area contributed by atoms with Gasteiger partial charge < -0.3 is 5.73 Å². The Bertz CT molecular complexity index is 231. The molecular formula is C13H27N3. The normalized spacial score (nSPS) is 36.0. The van der Waals surface area contributed by atoms with Gasteiger partial charge in [0, 0.05) is 37.3 Å². The molecule has 0 aliphatic carbocycles. The van der Waals surface area contributed by atoms with E-state index in [1.54, 1.807) is 0 Å². The van der Waals surface area contributed by atoms with Crippen LogP contribution in [0.15, 0.2) is 0 Å². The van der Waals surface area contributed by atoms with E-state index in [0.29, 0.717) is 18.1 Å². The number of hydrogen-bond donors (Lipinski definition) is 1. The van der Waals surface area contributed by atoms with E-state index in [0.717, 1.165) is 12.5 Å². The summed E-state index contributed by atoms with van der Waals surface area (Å²) in [7, 11) is 0. The lowest BCUT2D eigenvalue weighted by Crippen LogP contribution is -2.60. The average Bonchev–Trinajstić information content (AvgIpc) is 2.72. The number of nitrogens with two attached hydrogens (primary N) is 1. The minimum Gasteiger partial charge on any atom is -0.326 e. The standard InChI is InChI=1S/C13H27N3/c1-4-13(14)11(3)16-9-12-6-5-7-15(12)8-10(16)2/h10-13H,4-9,14H2,1-3H3. The van der Waals surface area contributed by atoms with Crippen molar-refractivity contribution in [2.75, 3.05) is 19.6 Å². The summed E-state index contributed by atoms with van der Waals surface area (Å²) >= 11 is 0. The van der Waals surface area contributed by atoms with Crippen LogP contribution in [0.3, 0.4) is 0 Å². The van der Waals surface area contributed by atoms with Crippen molar-refractivity contribution in [2.45, 2.75) is 64.2 Å². The van der Waals surface area contributed by atoms with Gasteiger partial charge in [-0.2, -0.15) is 0 Å². The van der Waals surface area contributed by atoms with Gasteiger partial charge in [-0.15, -0.1) is 0 Å². The molecule has 4 atom stereocenters. The van der Waals surface area contributed by atoms with Crippen LogP contribution in [0.2, 0.25) is 0 Å². The zero-order valence-electron chi connectivity index (χ0n) is 11.0. The maximum Gasteiger partial charge on any atom is 0.0224 e. The highest BCUT2D eigenvalue weighted by Gasteiger charge is 2.37. The number of nitrogens with zero attached hydrogens (tertiary/aromatic N) is 2. The Hall–Kier alpha value is -0.120. The summed E-state index contributed by atoms with van der Waals surface area (Å²) in [5.74, 6) is 0. The van der Waals surface area contributed by atoms with Crippen molar-refractivity contribution >= 4 is 0 Å². The van der Waals surface area contributed by atoms with Crippen molar-refractivity contribution in [2.24, 2.45) is 5.73 Å². The Morgan fingerprint density at radius 1 is 1.38 bits per heavy atom. The SMILES string of the molecule is CCC(N)C(C)N1CC2CCCN2CC1C. The predicted octanol–water partition coefficient (Wildman–Crippen LogP) is 1.28. The number of rotatable bonds is 3. The van der Waals surface area contributed by atoms with Crippen molar-refractivity contribution in [1.29, 1.82) is 0 Å². The lowest BCUT2D eigenvalue weighted by atomic mass is 10.0. The van der Waals surface area contributed by atoms with E-state index in [-0.39, 0.29) is 0 Å². The first-order valence-electron chi connectivity index (χ1n) is 6.88. The summed E-state index contributed by atoms with van der Waals surface area (Å²) in [6, 6.07) is 2.34. The molecule has 2 N–H and O–H groups in total. The quantitative estimate of drug-likeness (QED) is 0.785. The monoisotopic (exact) mass is 225 g/mol. The van der Waals surface area contributed by atoms with Crippen LogP contribution < -0.4 is 5.73 Å². The van der Waals surface area contributed by atoms with E-state index >= 15 is 0 Å². The highest BCUT2D eigenvalue weighted by molar-refractivity contribution is 4.94. The Morgan fingerprint density at radius 2 is 2.12 bits per heavy atom. The maximum atomic E-state index is 6.19. The molecule has 3 nitrogen and oxygen atoms in total. The molecular weight excluding hydrogens is 198 g/mol. The van der Waals surface area contributed by atoms with Crippen LogP contribution in [0, 0.1) is 0 Å². The second kappa shape index (κ2) is 5.03. The Labute approximate surface area is 100.0 Å². The highest BCUT2D eigenvalue weighted by atomic mass is 15.3. The lowest BCUT2D eigenvalue weighted by molar-refractivity contribution is 0.0251. The second-order valence-corrected chi connectivity index (χ2v) is 5.65. The van der Waals surface area contributed by atoms with Gasteiger partial charge in [0.1, 0.15) is 0 Å². The summed E-state index contributed by atoms with van der Waals surface area (Å²) in [5.41, 5.74) is 6.19. The van der Waals surface area contributed by atoms with Crippen LogP contribution in [-0.4, -0.2) is 53.6 Å². The van der Waals surface area contributed by atoms with Gasteiger partial charge in [-0.1, -0.05) is 6.92 Å². The smallest absolute Gasteiger partial charge is 0.0224 e. The molecule has 0 radical (unpaired) electrons. The fourth-order valence-electron chi connectivity index (χ4n) is 3.36. The van der Waals surface area contributed by atoms with Crippen molar-refractivity contribution in [3.8, 4) is 0 Å². The number of fused-ring (bicyclic) bond motifs is 1. The van der Waals surface area contributed by atoms with Crippen molar-refractivity contribution < 1.29 is 0 Å². The molecule has 0 amide bonds. The van der Waals surface area contributed by atoms with E-state index in [2.05, 4.69) is 30.6 Å². The second-order valence-electron chi connectivity index (χ2n) is 5.65. The molecule has 0 aromatic rings. The van der Waals surface area contributed by atoms with Crippen LogP contribution in [-0.2, 0) is 0 Å². The molecule has 4 unspecified atom stereocenters. The average molecular weight is 225 g/mol.